The number of rotatable bonds is 3. The normalized spacial score (nSPS) is 9.43. The van der Waals surface area contributed by atoms with E-state index in [4.69, 9.17) is 11.0 Å². The molecule has 6 nitrogen and oxygen atoms in total. The predicted octanol–water partition coefficient (Wildman–Crippen LogP) is 0.363. The molecule has 0 bridgehead atoms. The Bertz CT molecular complexity index is 397. The molecule has 14 heavy (non-hydrogen) atoms. The van der Waals surface area contributed by atoms with Crippen LogP contribution in [-0.2, 0) is 6.42 Å². The highest BCUT2D eigenvalue weighted by atomic mass is 16.6. The minimum Gasteiger partial charge on any atom is -0.358 e. The van der Waals surface area contributed by atoms with Gasteiger partial charge in [-0.15, -0.1) is 0 Å². The van der Waals surface area contributed by atoms with E-state index in [0.717, 1.165) is 6.07 Å². The third kappa shape index (κ3) is 2.24. The van der Waals surface area contributed by atoms with Crippen molar-refractivity contribution in [2.24, 2.45) is 5.73 Å². The first kappa shape index (κ1) is 10.1. The van der Waals surface area contributed by atoms with E-state index >= 15 is 0 Å². The quantitative estimate of drug-likeness (QED) is 0.549. The molecule has 0 fully saturated rings. The van der Waals surface area contributed by atoms with Gasteiger partial charge in [0.1, 0.15) is 0 Å². The van der Waals surface area contributed by atoms with Crippen molar-refractivity contribution in [3.05, 3.63) is 33.5 Å². The fourth-order valence-corrected chi connectivity index (χ4v) is 1.01. The van der Waals surface area contributed by atoms with Crippen LogP contribution in [0.4, 0.5) is 5.82 Å². The van der Waals surface area contributed by atoms with Crippen molar-refractivity contribution < 1.29 is 4.92 Å². The standard InChI is InChI=1S/C8H8N4O2/c9-2-1-7-3-6(5-10)4-8(11-7)12(13)14/h3-4H,1-2,9H2. The van der Waals surface area contributed by atoms with E-state index in [1.807, 2.05) is 6.07 Å². The maximum Gasteiger partial charge on any atom is 0.364 e. The van der Waals surface area contributed by atoms with Crippen LogP contribution < -0.4 is 5.73 Å². The Morgan fingerprint density at radius 2 is 2.36 bits per heavy atom. The molecule has 0 spiro atoms. The molecular formula is C8H8N4O2. The number of nitro groups is 1. The monoisotopic (exact) mass is 192 g/mol. The molecule has 0 saturated carbocycles. The maximum atomic E-state index is 10.4. The van der Waals surface area contributed by atoms with Crippen LogP contribution in [0.15, 0.2) is 12.1 Å². The van der Waals surface area contributed by atoms with Crippen LogP contribution >= 0.6 is 0 Å². The summed E-state index contributed by atoms with van der Waals surface area (Å²) in [6.45, 7) is 0.346. The van der Waals surface area contributed by atoms with Gasteiger partial charge in [0.05, 0.1) is 17.7 Å². The van der Waals surface area contributed by atoms with E-state index in [2.05, 4.69) is 4.98 Å². The molecule has 1 heterocycles. The van der Waals surface area contributed by atoms with Crippen LogP contribution in [0.25, 0.3) is 0 Å². The molecular weight excluding hydrogens is 184 g/mol. The van der Waals surface area contributed by atoms with Gasteiger partial charge in [0.2, 0.25) is 0 Å². The second-order valence-electron chi connectivity index (χ2n) is 2.61. The first-order chi connectivity index (χ1) is 6.67. The van der Waals surface area contributed by atoms with Crippen molar-refractivity contribution in [3.8, 4) is 6.07 Å². The molecule has 1 aromatic rings. The largest absolute Gasteiger partial charge is 0.364 e. The Morgan fingerprint density at radius 3 is 2.86 bits per heavy atom. The summed E-state index contributed by atoms with van der Waals surface area (Å²) in [6, 6.07) is 4.47. The van der Waals surface area contributed by atoms with Gasteiger partial charge in [-0.3, -0.25) is 0 Å². The molecule has 1 rings (SSSR count). The SMILES string of the molecule is N#Cc1cc(CCN)nc([N+](=O)[O-])c1. The maximum absolute atomic E-state index is 10.4. The number of aromatic nitrogens is 1. The second kappa shape index (κ2) is 4.30. The van der Waals surface area contributed by atoms with Crippen LogP contribution in [0.1, 0.15) is 11.3 Å². The van der Waals surface area contributed by atoms with Gasteiger partial charge in [-0.05, 0) is 9.91 Å². The van der Waals surface area contributed by atoms with Crippen LogP contribution in [0.3, 0.4) is 0 Å². The van der Waals surface area contributed by atoms with E-state index in [1.54, 1.807) is 0 Å². The highest BCUT2D eigenvalue weighted by molar-refractivity contribution is 5.37. The number of hydrogen-bond donors (Lipinski definition) is 1. The van der Waals surface area contributed by atoms with Gasteiger partial charge in [0, 0.05) is 19.0 Å². The van der Waals surface area contributed by atoms with Crippen molar-refractivity contribution in [1.82, 2.24) is 4.98 Å². The smallest absolute Gasteiger partial charge is 0.358 e. The Morgan fingerprint density at radius 1 is 1.64 bits per heavy atom. The average molecular weight is 192 g/mol. The second-order valence-corrected chi connectivity index (χ2v) is 2.61. The van der Waals surface area contributed by atoms with Gasteiger partial charge in [-0.25, -0.2) is 0 Å². The number of nitriles is 1. The molecule has 0 aliphatic rings. The lowest BCUT2D eigenvalue weighted by Gasteiger charge is -1.96. The van der Waals surface area contributed by atoms with Crippen LogP contribution in [0.2, 0.25) is 0 Å². The van der Waals surface area contributed by atoms with Gasteiger partial charge in [-0.2, -0.15) is 5.26 Å². The summed E-state index contributed by atoms with van der Waals surface area (Å²) in [5.41, 5.74) is 5.99. The summed E-state index contributed by atoms with van der Waals surface area (Å²) < 4.78 is 0. The number of pyridine rings is 1. The van der Waals surface area contributed by atoms with Crippen LogP contribution in [-0.4, -0.2) is 16.5 Å². The summed E-state index contributed by atoms with van der Waals surface area (Å²) in [4.78, 5) is 13.5. The zero-order chi connectivity index (χ0) is 10.6. The highest BCUT2D eigenvalue weighted by Crippen LogP contribution is 2.12. The van der Waals surface area contributed by atoms with Crippen LogP contribution in [0.5, 0.6) is 0 Å². The minimum absolute atomic E-state index is 0.232. The van der Waals surface area contributed by atoms with Crippen molar-refractivity contribution in [2.75, 3.05) is 6.54 Å². The topological polar surface area (TPSA) is 106 Å². The van der Waals surface area contributed by atoms with Gasteiger partial charge in [-0.1, -0.05) is 0 Å². The van der Waals surface area contributed by atoms with Gasteiger partial charge in [0.25, 0.3) is 0 Å². The first-order valence-corrected chi connectivity index (χ1v) is 3.93. The van der Waals surface area contributed by atoms with E-state index in [0.29, 0.717) is 18.7 Å². The highest BCUT2D eigenvalue weighted by Gasteiger charge is 2.12. The van der Waals surface area contributed by atoms with E-state index in [9.17, 15) is 10.1 Å². The van der Waals surface area contributed by atoms with Crippen molar-refractivity contribution in [1.29, 1.82) is 5.26 Å². The molecule has 0 atom stereocenters. The van der Waals surface area contributed by atoms with E-state index in [-0.39, 0.29) is 11.4 Å². The molecule has 2 N–H and O–H groups in total. The van der Waals surface area contributed by atoms with E-state index in [1.165, 1.54) is 6.07 Å². The third-order valence-corrected chi connectivity index (χ3v) is 1.58. The lowest BCUT2D eigenvalue weighted by atomic mass is 10.2. The van der Waals surface area contributed by atoms with Gasteiger partial charge < -0.3 is 15.8 Å². The van der Waals surface area contributed by atoms with Gasteiger partial charge in [0.15, 0.2) is 5.69 Å². The summed E-state index contributed by atoms with van der Waals surface area (Å²) in [6.07, 6.45) is 0.427. The minimum atomic E-state index is -0.624. The summed E-state index contributed by atoms with van der Waals surface area (Å²) >= 11 is 0. The zero-order valence-corrected chi connectivity index (χ0v) is 7.30. The van der Waals surface area contributed by atoms with Gasteiger partial charge >= 0.3 is 5.82 Å². The molecule has 0 aromatic carbocycles. The number of nitrogens with zero attached hydrogens (tertiary/aromatic N) is 3. The van der Waals surface area contributed by atoms with Crippen molar-refractivity contribution in [2.45, 2.75) is 6.42 Å². The van der Waals surface area contributed by atoms with Crippen molar-refractivity contribution >= 4 is 5.82 Å². The first-order valence-electron chi connectivity index (χ1n) is 3.93. The molecule has 0 saturated heterocycles. The summed E-state index contributed by atoms with van der Waals surface area (Å²) in [5, 5.41) is 19.0. The Labute approximate surface area is 80.1 Å². The third-order valence-electron chi connectivity index (χ3n) is 1.58. The molecule has 1 aromatic heterocycles. The van der Waals surface area contributed by atoms with E-state index < -0.39 is 4.92 Å². The zero-order valence-electron chi connectivity index (χ0n) is 7.30. The molecule has 72 valence electrons. The Hall–Kier alpha value is -2.00. The molecule has 0 unspecified atom stereocenters. The molecule has 0 aliphatic carbocycles. The Kier molecular flexibility index (Phi) is 3.09. The average Bonchev–Trinajstić information content (AvgIpc) is 2.17. The fourth-order valence-electron chi connectivity index (χ4n) is 1.01. The fraction of sp³-hybridized carbons (Fsp3) is 0.250. The molecule has 0 aliphatic heterocycles. The van der Waals surface area contributed by atoms with Crippen molar-refractivity contribution in [3.63, 3.8) is 0 Å². The summed E-state index contributed by atoms with van der Waals surface area (Å²) in [5.74, 6) is -0.312. The van der Waals surface area contributed by atoms with Crippen LogP contribution in [0, 0.1) is 21.4 Å². The molecule has 6 heteroatoms. The molecule has 0 amide bonds. The Balaban J connectivity index is 3.15. The number of hydrogen-bond acceptors (Lipinski definition) is 5. The summed E-state index contributed by atoms with van der Waals surface area (Å²) in [7, 11) is 0. The lowest BCUT2D eigenvalue weighted by molar-refractivity contribution is -0.389. The number of nitrogens with two attached hydrogens (primary N) is 1. The lowest BCUT2D eigenvalue weighted by Crippen LogP contribution is -2.06. The predicted molar refractivity (Wildman–Crippen MR) is 48.4 cm³/mol. The molecule has 0 radical (unpaired) electrons.